The van der Waals surface area contributed by atoms with Crippen molar-refractivity contribution >= 4 is 28.1 Å². The van der Waals surface area contributed by atoms with Gasteiger partial charge in [0.1, 0.15) is 0 Å². The predicted molar refractivity (Wildman–Crippen MR) is 72.1 cm³/mol. The molecule has 1 heterocycles. The molecule has 0 saturated heterocycles. The maximum atomic E-state index is 6.16. The van der Waals surface area contributed by atoms with Crippen LogP contribution in [0.5, 0.6) is 0 Å². The molecule has 0 aliphatic heterocycles. The lowest BCUT2D eigenvalue weighted by Gasteiger charge is -2.19. The van der Waals surface area contributed by atoms with E-state index in [1.807, 2.05) is 18.3 Å². The van der Waals surface area contributed by atoms with Gasteiger partial charge in [-0.2, -0.15) is 5.10 Å². The summed E-state index contributed by atoms with van der Waals surface area (Å²) < 4.78 is 0. The van der Waals surface area contributed by atoms with E-state index in [2.05, 4.69) is 23.2 Å². The Bertz CT molecular complexity index is 583. The third kappa shape index (κ3) is 1.98. The summed E-state index contributed by atoms with van der Waals surface area (Å²) in [4.78, 5) is 0. The third-order valence-corrected chi connectivity index (χ3v) is 3.75. The van der Waals surface area contributed by atoms with E-state index in [-0.39, 0.29) is 0 Å². The molecule has 0 amide bonds. The van der Waals surface area contributed by atoms with Gasteiger partial charge in [-0.25, -0.2) is 0 Å². The van der Waals surface area contributed by atoms with Crippen molar-refractivity contribution in [3.63, 3.8) is 0 Å². The highest BCUT2D eigenvalue weighted by molar-refractivity contribution is 6.31. The molecule has 1 atom stereocenters. The molecule has 1 aromatic heterocycles. The van der Waals surface area contributed by atoms with Crippen LogP contribution in [-0.2, 0) is 0 Å². The first-order valence-electron chi connectivity index (χ1n) is 6.06. The molecule has 0 radical (unpaired) electrons. The van der Waals surface area contributed by atoms with Crippen molar-refractivity contribution in [3.8, 4) is 0 Å². The maximum Gasteiger partial charge on any atom is 0.0726 e. The van der Waals surface area contributed by atoms with Crippen LogP contribution < -0.4 is 0 Å². The fourth-order valence-electron chi connectivity index (χ4n) is 2.48. The molecule has 0 saturated carbocycles. The second-order valence-electron chi connectivity index (χ2n) is 4.90. The van der Waals surface area contributed by atoms with Crippen LogP contribution >= 0.6 is 11.6 Å². The Labute approximate surface area is 106 Å². The summed E-state index contributed by atoms with van der Waals surface area (Å²) in [7, 11) is 0. The fraction of sp³-hybridized carbons (Fsp3) is 0.357. The van der Waals surface area contributed by atoms with Gasteiger partial charge in [0, 0.05) is 16.0 Å². The van der Waals surface area contributed by atoms with E-state index < -0.39 is 0 Å². The quantitative estimate of drug-likeness (QED) is 0.793. The summed E-state index contributed by atoms with van der Waals surface area (Å²) in [6.07, 6.45) is 7.73. The first-order chi connectivity index (χ1) is 8.24. The number of nitrogens with zero attached hydrogens (tertiary/aromatic N) is 1. The number of nitrogens with one attached hydrogen (secondary N) is 1. The number of fused-ring (bicyclic) bond motifs is 1. The van der Waals surface area contributed by atoms with Gasteiger partial charge in [0.2, 0.25) is 0 Å². The minimum absolute atomic E-state index is 0.786. The monoisotopic (exact) mass is 246 g/mol. The van der Waals surface area contributed by atoms with Crippen LogP contribution in [0.2, 0.25) is 5.02 Å². The molecule has 3 heteroatoms. The molecule has 1 aliphatic rings. The van der Waals surface area contributed by atoms with Crippen molar-refractivity contribution in [3.05, 3.63) is 35.0 Å². The van der Waals surface area contributed by atoms with Gasteiger partial charge < -0.3 is 0 Å². The molecule has 17 heavy (non-hydrogen) atoms. The Balaban J connectivity index is 2.13. The number of aromatic nitrogens is 2. The molecule has 0 spiro atoms. The molecule has 1 aromatic carbocycles. The summed E-state index contributed by atoms with van der Waals surface area (Å²) in [5, 5.41) is 9.05. The summed E-state index contributed by atoms with van der Waals surface area (Å²) in [6, 6.07) is 4.00. The Morgan fingerprint density at radius 3 is 3.06 bits per heavy atom. The van der Waals surface area contributed by atoms with Gasteiger partial charge in [-0.1, -0.05) is 24.6 Å². The van der Waals surface area contributed by atoms with Gasteiger partial charge in [0.05, 0.1) is 11.7 Å². The van der Waals surface area contributed by atoms with E-state index in [9.17, 15) is 0 Å². The molecule has 3 rings (SSSR count). The van der Waals surface area contributed by atoms with Crippen LogP contribution in [0.25, 0.3) is 16.5 Å². The van der Waals surface area contributed by atoms with Gasteiger partial charge >= 0.3 is 0 Å². The molecular weight excluding hydrogens is 232 g/mol. The summed E-state index contributed by atoms with van der Waals surface area (Å²) in [6.45, 7) is 2.30. The number of H-pyrrole nitrogens is 1. The topological polar surface area (TPSA) is 28.7 Å². The average Bonchev–Trinajstić information content (AvgIpc) is 2.77. The number of allylic oxidation sites excluding steroid dienone is 2. The number of aromatic amines is 1. The van der Waals surface area contributed by atoms with Crippen molar-refractivity contribution < 1.29 is 0 Å². The fourth-order valence-corrected chi connectivity index (χ4v) is 2.71. The van der Waals surface area contributed by atoms with E-state index in [1.54, 1.807) is 0 Å². The Morgan fingerprint density at radius 1 is 1.41 bits per heavy atom. The highest BCUT2D eigenvalue weighted by Crippen LogP contribution is 2.34. The number of rotatable bonds is 1. The van der Waals surface area contributed by atoms with Crippen LogP contribution in [0.15, 0.2) is 24.4 Å². The Hall–Kier alpha value is -1.28. The average molecular weight is 247 g/mol. The number of hydrogen-bond donors (Lipinski definition) is 1. The molecule has 2 aromatic rings. The summed E-state index contributed by atoms with van der Waals surface area (Å²) in [5.41, 5.74) is 3.73. The van der Waals surface area contributed by atoms with Gasteiger partial charge in [-0.3, -0.25) is 5.10 Å². The minimum atomic E-state index is 0.786. The molecule has 1 N–H and O–H groups in total. The molecule has 88 valence electrons. The van der Waals surface area contributed by atoms with Gasteiger partial charge in [0.25, 0.3) is 0 Å². The van der Waals surface area contributed by atoms with Gasteiger partial charge in [-0.15, -0.1) is 0 Å². The second-order valence-corrected chi connectivity index (χ2v) is 5.33. The van der Waals surface area contributed by atoms with Crippen molar-refractivity contribution in [1.29, 1.82) is 0 Å². The Kier molecular flexibility index (Phi) is 2.67. The normalized spacial score (nSPS) is 20.6. The van der Waals surface area contributed by atoms with Gasteiger partial charge in [-0.05, 0) is 42.9 Å². The lowest BCUT2D eigenvalue weighted by atomic mass is 9.87. The number of hydrogen-bond acceptors (Lipinski definition) is 1. The van der Waals surface area contributed by atoms with E-state index >= 15 is 0 Å². The van der Waals surface area contributed by atoms with Crippen LogP contribution in [0.4, 0.5) is 0 Å². The smallest absolute Gasteiger partial charge is 0.0726 e. The van der Waals surface area contributed by atoms with E-state index in [1.165, 1.54) is 17.6 Å². The highest BCUT2D eigenvalue weighted by Gasteiger charge is 2.15. The first-order valence-corrected chi connectivity index (χ1v) is 6.44. The molecule has 0 fully saturated rings. The first kappa shape index (κ1) is 10.8. The summed E-state index contributed by atoms with van der Waals surface area (Å²) in [5.74, 6) is 0.801. The van der Waals surface area contributed by atoms with Crippen LogP contribution in [0.3, 0.4) is 0 Å². The lowest BCUT2D eigenvalue weighted by Crippen LogP contribution is -2.01. The second kappa shape index (κ2) is 4.19. The standard InChI is InChI=1S/C14H15ClN2/c1-9-2-4-10(5-3-9)13-7-12(15)6-11-8-16-17-14(11)13/h4,6-9H,2-3,5H2,1H3,(H,16,17). The number of benzene rings is 1. The minimum Gasteiger partial charge on any atom is -0.277 e. The zero-order chi connectivity index (χ0) is 11.8. The van der Waals surface area contributed by atoms with Crippen LogP contribution in [-0.4, -0.2) is 10.2 Å². The van der Waals surface area contributed by atoms with Gasteiger partial charge in [0.15, 0.2) is 0 Å². The van der Waals surface area contributed by atoms with Crippen LogP contribution in [0.1, 0.15) is 31.7 Å². The van der Waals surface area contributed by atoms with E-state index in [4.69, 9.17) is 11.6 Å². The maximum absolute atomic E-state index is 6.16. The molecular formula is C14H15ClN2. The van der Waals surface area contributed by atoms with Crippen molar-refractivity contribution in [2.75, 3.05) is 0 Å². The highest BCUT2D eigenvalue weighted by atomic mass is 35.5. The zero-order valence-corrected chi connectivity index (χ0v) is 10.6. The lowest BCUT2D eigenvalue weighted by molar-refractivity contribution is 0.534. The predicted octanol–water partition coefficient (Wildman–Crippen LogP) is 4.42. The van der Waals surface area contributed by atoms with Crippen molar-refractivity contribution in [2.24, 2.45) is 5.92 Å². The van der Waals surface area contributed by atoms with E-state index in [0.717, 1.165) is 34.7 Å². The SMILES string of the molecule is CC1CC=C(c2cc(Cl)cc3cn[nH]c23)CC1. The molecule has 0 bridgehead atoms. The number of halogens is 1. The summed E-state index contributed by atoms with van der Waals surface area (Å²) >= 11 is 6.16. The Morgan fingerprint density at radius 2 is 2.29 bits per heavy atom. The third-order valence-electron chi connectivity index (χ3n) is 3.53. The van der Waals surface area contributed by atoms with E-state index in [0.29, 0.717) is 0 Å². The van der Waals surface area contributed by atoms with Crippen molar-refractivity contribution in [1.82, 2.24) is 10.2 Å². The molecule has 2 nitrogen and oxygen atoms in total. The molecule has 1 aliphatic carbocycles. The molecule has 1 unspecified atom stereocenters. The van der Waals surface area contributed by atoms with Crippen molar-refractivity contribution in [2.45, 2.75) is 26.2 Å². The zero-order valence-electron chi connectivity index (χ0n) is 9.83. The van der Waals surface area contributed by atoms with Crippen LogP contribution in [0, 0.1) is 5.92 Å². The largest absolute Gasteiger partial charge is 0.277 e.